The Kier molecular flexibility index (Phi) is 4.39. The largest absolute Gasteiger partial charge is 0.452 e. The van der Waals surface area contributed by atoms with E-state index in [1.54, 1.807) is 12.1 Å². The van der Waals surface area contributed by atoms with Gasteiger partial charge in [-0.3, -0.25) is 4.72 Å². The number of sulfonamides is 1. The Balaban J connectivity index is 2.21. The van der Waals surface area contributed by atoms with E-state index >= 15 is 0 Å². The molecular formula is C13H15BrN2O3S. The molecule has 2 N–H and O–H groups in total. The molecule has 0 amide bonds. The van der Waals surface area contributed by atoms with Gasteiger partial charge in [0.1, 0.15) is 5.76 Å². The smallest absolute Gasteiger partial charge is 0.229 e. The number of furan rings is 1. The van der Waals surface area contributed by atoms with Crippen LogP contribution in [0.1, 0.15) is 18.7 Å². The average Bonchev–Trinajstić information content (AvgIpc) is 2.77. The number of para-hydroxylation sites is 2. The summed E-state index contributed by atoms with van der Waals surface area (Å²) >= 11 is 3.25. The minimum absolute atomic E-state index is 0.0937. The molecule has 0 aliphatic carbocycles. The molecule has 20 heavy (non-hydrogen) atoms. The maximum Gasteiger partial charge on any atom is 0.229 e. The second-order valence-corrected chi connectivity index (χ2v) is 6.96. The first-order valence-electron chi connectivity index (χ1n) is 5.94. The zero-order chi connectivity index (χ0) is 14.8. The third-order valence-electron chi connectivity index (χ3n) is 2.62. The first kappa shape index (κ1) is 14.9. The number of hydrogen-bond donors (Lipinski definition) is 2. The molecule has 0 aliphatic rings. The predicted molar refractivity (Wildman–Crippen MR) is 83.4 cm³/mol. The summed E-state index contributed by atoms with van der Waals surface area (Å²) in [5, 5.41) is 3.22. The number of halogens is 1. The van der Waals surface area contributed by atoms with Gasteiger partial charge in [-0.2, -0.15) is 0 Å². The van der Waals surface area contributed by atoms with Gasteiger partial charge < -0.3 is 9.73 Å². The van der Waals surface area contributed by atoms with Crippen molar-refractivity contribution in [2.24, 2.45) is 0 Å². The first-order chi connectivity index (χ1) is 9.35. The predicted octanol–water partition coefficient (Wildman–Crippen LogP) is 3.59. The quantitative estimate of drug-likeness (QED) is 0.856. The molecule has 1 aromatic carbocycles. The van der Waals surface area contributed by atoms with E-state index in [0.717, 1.165) is 12.0 Å². The van der Waals surface area contributed by atoms with E-state index in [4.69, 9.17) is 4.42 Å². The minimum Gasteiger partial charge on any atom is -0.452 e. The molecule has 0 saturated carbocycles. The molecule has 108 valence electrons. The molecular weight excluding hydrogens is 344 g/mol. The summed E-state index contributed by atoms with van der Waals surface area (Å²) in [4.78, 5) is 0. The van der Waals surface area contributed by atoms with Crippen molar-refractivity contribution in [2.75, 3.05) is 16.3 Å². The molecule has 1 heterocycles. The molecule has 0 aliphatic heterocycles. The molecule has 0 saturated heterocycles. The molecule has 0 fully saturated rings. The van der Waals surface area contributed by atoms with Crippen molar-refractivity contribution in [2.45, 2.75) is 13.0 Å². The van der Waals surface area contributed by atoms with Crippen LogP contribution in [0.15, 0.2) is 45.5 Å². The van der Waals surface area contributed by atoms with Gasteiger partial charge in [-0.1, -0.05) is 12.1 Å². The van der Waals surface area contributed by atoms with Crippen LogP contribution >= 0.6 is 15.9 Å². The lowest BCUT2D eigenvalue weighted by atomic mass is 10.2. The highest BCUT2D eigenvalue weighted by Crippen LogP contribution is 2.28. The van der Waals surface area contributed by atoms with Gasteiger partial charge in [-0.25, -0.2) is 8.42 Å². The molecule has 1 atom stereocenters. The SMILES string of the molecule is CC(Nc1ccccc1NS(C)(=O)=O)c1ccc(Br)o1. The van der Waals surface area contributed by atoms with Crippen LogP contribution in [-0.2, 0) is 10.0 Å². The molecule has 0 radical (unpaired) electrons. The number of rotatable bonds is 5. The van der Waals surface area contributed by atoms with E-state index in [9.17, 15) is 8.42 Å². The van der Waals surface area contributed by atoms with Crippen LogP contribution in [-0.4, -0.2) is 14.7 Å². The van der Waals surface area contributed by atoms with Crippen LogP contribution in [0, 0.1) is 0 Å². The zero-order valence-electron chi connectivity index (χ0n) is 11.1. The van der Waals surface area contributed by atoms with E-state index in [1.807, 2.05) is 31.2 Å². The Hall–Kier alpha value is -1.47. The van der Waals surface area contributed by atoms with Crippen molar-refractivity contribution in [1.29, 1.82) is 0 Å². The maximum atomic E-state index is 11.3. The summed E-state index contributed by atoms with van der Waals surface area (Å²) < 4.78 is 31.3. The highest BCUT2D eigenvalue weighted by molar-refractivity contribution is 9.10. The fraction of sp³-hybridized carbons (Fsp3) is 0.231. The summed E-state index contributed by atoms with van der Waals surface area (Å²) in [5.74, 6) is 0.756. The first-order valence-corrected chi connectivity index (χ1v) is 8.62. The van der Waals surface area contributed by atoms with Crippen molar-refractivity contribution in [3.8, 4) is 0 Å². The molecule has 5 nitrogen and oxygen atoms in total. The lowest BCUT2D eigenvalue weighted by molar-refractivity contribution is 0.471. The van der Waals surface area contributed by atoms with Crippen molar-refractivity contribution < 1.29 is 12.8 Å². The maximum absolute atomic E-state index is 11.3. The lowest BCUT2D eigenvalue weighted by Gasteiger charge is -2.16. The lowest BCUT2D eigenvalue weighted by Crippen LogP contribution is -2.13. The van der Waals surface area contributed by atoms with E-state index in [2.05, 4.69) is 26.0 Å². The summed E-state index contributed by atoms with van der Waals surface area (Å²) in [7, 11) is -3.32. The van der Waals surface area contributed by atoms with Crippen molar-refractivity contribution in [3.63, 3.8) is 0 Å². The highest BCUT2D eigenvalue weighted by atomic mass is 79.9. The van der Waals surface area contributed by atoms with Gasteiger partial charge in [0.15, 0.2) is 4.67 Å². The summed E-state index contributed by atoms with van der Waals surface area (Å²) in [6.45, 7) is 1.93. The van der Waals surface area contributed by atoms with Crippen LogP contribution in [0.2, 0.25) is 0 Å². The Labute approximate surface area is 126 Å². The molecule has 2 rings (SSSR count). The van der Waals surface area contributed by atoms with Crippen LogP contribution in [0.25, 0.3) is 0 Å². The molecule has 1 aromatic heterocycles. The summed E-state index contributed by atoms with van der Waals surface area (Å²) in [6, 6.07) is 10.7. The van der Waals surface area contributed by atoms with Crippen LogP contribution in [0.4, 0.5) is 11.4 Å². The van der Waals surface area contributed by atoms with Gasteiger partial charge in [-0.05, 0) is 47.1 Å². The summed E-state index contributed by atoms with van der Waals surface area (Å²) in [6.07, 6.45) is 1.12. The average molecular weight is 359 g/mol. The highest BCUT2D eigenvalue weighted by Gasteiger charge is 2.13. The van der Waals surface area contributed by atoms with Gasteiger partial charge in [0, 0.05) is 0 Å². The fourth-order valence-electron chi connectivity index (χ4n) is 1.76. The number of nitrogens with one attached hydrogen (secondary N) is 2. The standard InChI is InChI=1S/C13H15BrN2O3S/c1-9(12-7-8-13(14)19-12)15-10-5-3-4-6-11(10)16-20(2,17)18/h3-9,15-16H,1-2H3. The van der Waals surface area contributed by atoms with E-state index in [1.165, 1.54) is 0 Å². The second kappa shape index (κ2) is 5.88. The number of anilines is 2. The molecule has 2 aromatic rings. The van der Waals surface area contributed by atoms with Crippen molar-refractivity contribution in [1.82, 2.24) is 0 Å². The van der Waals surface area contributed by atoms with E-state index in [0.29, 0.717) is 16.0 Å². The number of benzene rings is 1. The third-order valence-corrected chi connectivity index (χ3v) is 3.63. The van der Waals surface area contributed by atoms with Gasteiger partial charge in [0.05, 0.1) is 23.7 Å². The molecule has 1 unspecified atom stereocenters. The summed E-state index contributed by atoms with van der Waals surface area (Å²) in [5.41, 5.74) is 1.20. The van der Waals surface area contributed by atoms with Crippen molar-refractivity contribution in [3.05, 3.63) is 46.8 Å². The Morgan fingerprint density at radius 1 is 1.15 bits per heavy atom. The van der Waals surface area contributed by atoms with E-state index < -0.39 is 10.0 Å². The number of hydrogen-bond acceptors (Lipinski definition) is 4. The monoisotopic (exact) mass is 358 g/mol. The Morgan fingerprint density at radius 3 is 2.35 bits per heavy atom. The Bertz CT molecular complexity index is 697. The zero-order valence-corrected chi connectivity index (χ0v) is 13.5. The van der Waals surface area contributed by atoms with Crippen LogP contribution in [0.5, 0.6) is 0 Å². The van der Waals surface area contributed by atoms with Crippen LogP contribution in [0.3, 0.4) is 0 Å². The third kappa shape index (κ3) is 4.01. The normalized spacial score (nSPS) is 12.9. The van der Waals surface area contributed by atoms with Gasteiger partial charge >= 0.3 is 0 Å². The second-order valence-electron chi connectivity index (χ2n) is 4.43. The van der Waals surface area contributed by atoms with Crippen molar-refractivity contribution >= 4 is 37.3 Å². The van der Waals surface area contributed by atoms with Gasteiger partial charge in [-0.15, -0.1) is 0 Å². The minimum atomic E-state index is -3.32. The van der Waals surface area contributed by atoms with Gasteiger partial charge in [0.25, 0.3) is 0 Å². The molecule has 0 spiro atoms. The Morgan fingerprint density at radius 2 is 1.80 bits per heavy atom. The topological polar surface area (TPSA) is 71.3 Å². The van der Waals surface area contributed by atoms with E-state index in [-0.39, 0.29) is 6.04 Å². The fourth-order valence-corrected chi connectivity index (χ4v) is 2.66. The van der Waals surface area contributed by atoms with Crippen LogP contribution < -0.4 is 10.0 Å². The van der Waals surface area contributed by atoms with Gasteiger partial charge in [0.2, 0.25) is 10.0 Å². The molecule has 7 heteroatoms. The molecule has 0 bridgehead atoms.